The number of benzene rings is 1. The molecule has 1 heterocycles. The highest BCUT2D eigenvalue weighted by molar-refractivity contribution is 7.89. The van der Waals surface area contributed by atoms with Crippen LogP contribution in [0.2, 0.25) is 0 Å². The van der Waals surface area contributed by atoms with Gasteiger partial charge in [0.25, 0.3) is 0 Å². The number of hydrogen-bond donors (Lipinski definition) is 2. The van der Waals surface area contributed by atoms with Crippen LogP contribution in [0, 0.1) is 20.8 Å². The maximum atomic E-state index is 12.5. The Morgan fingerprint density at radius 1 is 1.00 bits per heavy atom. The summed E-state index contributed by atoms with van der Waals surface area (Å²) >= 11 is 0. The summed E-state index contributed by atoms with van der Waals surface area (Å²) in [5.41, 5.74) is 3.70. The summed E-state index contributed by atoms with van der Waals surface area (Å²) in [6, 6.07) is 5.46. The molecule has 1 aromatic heterocycles. The molecule has 0 atom stereocenters. The minimum Gasteiger partial charge on any atom is -0.376 e. The van der Waals surface area contributed by atoms with E-state index in [1.165, 1.54) is 0 Å². The molecule has 0 spiro atoms. The molecule has 2 N–H and O–H groups in total. The van der Waals surface area contributed by atoms with Crippen molar-refractivity contribution in [1.29, 1.82) is 0 Å². The molecule has 0 aliphatic rings. The van der Waals surface area contributed by atoms with Crippen LogP contribution in [-0.2, 0) is 10.0 Å². The number of anilines is 2. The van der Waals surface area contributed by atoms with Crippen molar-refractivity contribution in [3.8, 4) is 0 Å². The first-order valence-corrected chi connectivity index (χ1v) is 9.50. The van der Waals surface area contributed by atoms with E-state index in [4.69, 9.17) is 0 Å². The minimum atomic E-state index is -3.54. The van der Waals surface area contributed by atoms with Gasteiger partial charge in [-0.25, -0.2) is 13.1 Å². The minimum absolute atomic E-state index is 0.253. The number of hydrogen-bond acceptors (Lipinski definition) is 6. The predicted molar refractivity (Wildman–Crippen MR) is 101 cm³/mol. The average Bonchev–Trinajstić information content (AvgIpc) is 2.55. The highest BCUT2D eigenvalue weighted by Gasteiger charge is 2.17. The van der Waals surface area contributed by atoms with E-state index in [1.807, 2.05) is 51.9 Å². The molecule has 0 amide bonds. The Morgan fingerprint density at radius 3 is 2.36 bits per heavy atom. The van der Waals surface area contributed by atoms with Gasteiger partial charge in [0.15, 0.2) is 5.82 Å². The quantitative estimate of drug-likeness (QED) is 0.730. The summed E-state index contributed by atoms with van der Waals surface area (Å²) in [7, 11) is 0.294. The summed E-state index contributed by atoms with van der Waals surface area (Å²) in [4.78, 5) is 2.25. The van der Waals surface area contributed by atoms with Crippen molar-refractivity contribution < 1.29 is 8.42 Å². The van der Waals surface area contributed by atoms with Crippen molar-refractivity contribution >= 4 is 21.5 Å². The van der Waals surface area contributed by atoms with E-state index in [1.54, 1.807) is 12.3 Å². The molecule has 2 rings (SSSR count). The predicted octanol–water partition coefficient (Wildman–Crippen LogP) is 1.86. The van der Waals surface area contributed by atoms with Gasteiger partial charge in [0.2, 0.25) is 10.0 Å². The molecule has 0 radical (unpaired) electrons. The van der Waals surface area contributed by atoms with Gasteiger partial charge >= 0.3 is 0 Å². The second-order valence-corrected chi connectivity index (χ2v) is 7.96. The van der Waals surface area contributed by atoms with E-state index in [9.17, 15) is 8.42 Å². The molecule has 0 saturated heterocycles. The second-order valence-electron chi connectivity index (χ2n) is 6.22. The standard InChI is InChI=1S/C17H25N5O2S/c1-12-8-14(3)16(9-13(12)2)25(23,24)20-7-6-18-17-10-15(22(4)5)11-19-21-17/h8-11,20H,6-7H2,1-5H3,(H,18,21). The Balaban J connectivity index is 1.97. The van der Waals surface area contributed by atoms with Crippen molar-refractivity contribution in [3.63, 3.8) is 0 Å². The Labute approximate surface area is 149 Å². The zero-order valence-corrected chi connectivity index (χ0v) is 16.1. The Bertz CT molecular complexity index is 850. The zero-order chi connectivity index (χ0) is 18.6. The van der Waals surface area contributed by atoms with Gasteiger partial charge in [-0.1, -0.05) is 6.07 Å². The lowest BCUT2D eigenvalue weighted by Crippen LogP contribution is -2.29. The molecule has 0 fully saturated rings. The summed E-state index contributed by atoms with van der Waals surface area (Å²) in [6.45, 7) is 6.35. The number of sulfonamides is 1. The molecule has 2 aromatic rings. The fourth-order valence-corrected chi connectivity index (χ4v) is 3.71. The van der Waals surface area contributed by atoms with Crippen molar-refractivity contribution in [1.82, 2.24) is 14.9 Å². The third kappa shape index (κ3) is 4.90. The Hall–Kier alpha value is -2.19. The van der Waals surface area contributed by atoms with Crippen LogP contribution in [0.3, 0.4) is 0 Å². The van der Waals surface area contributed by atoms with Crippen LogP contribution < -0.4 is 14.9 Å². The third-order valence-electron chi connectivity index (χ3n) is 3.96. The summed E-state index contributed by atoms with van der Waals surface area (Å²) in [5.74, 6) is 0.604. The molecule has 25 heavy (non-hydrogen) atoms. The van der Waals surface area contributed by atoms with E-state index >= 15 is 0 Å². The van der Waals surface area contributed by atoms with Crippen LogP contribution in [0.5, 0.6) is 0 Å². The zero-order valence-electron chi connectivity index (χ0n) is 15.3. The van der Waals surface area contributed by atoms with E-state index in [0.717, 1.165) is 22.4 Å². The lowest BCUT2D eigenvalue weighted by atomic mass is 10.1. The van der Waals surface area contributed by atoms with Gasteiger partial charge in [-0.3, -0.25) is 0 Å². The Kier molecular flexibility index (Phi) is 5.97. The van der Waals surface area contributed by atoms with Crippen molar-refractivity contribution in [2.75, 3.05) is 37.4 Å². The number of aromatic nitrogens is 2. The Morgan fingerprint density at radius 2 is 1.68 bits per heavy atom. The second kappa shape index (κ2) is 7.79. The van der Waals surface area contributed by atoms with Gasteiger partial charge in [-0.05, 0) is 43.5 Å². The molecule has 0 unspecified atom stereocenters. The van der Waals surface area contributed by atoms with E-state index < -0.39 is 10.0 Å². The molecule has 0 aliphatic heterocycles. The molecular formula is C17H25N5O2S. The van der Waals surface area contributed by atoms with Crippen LogP contribution in [0.15, 0.2) is 29.3 Å². The first kappa shape index (κ1) is 19.1. The highest BCUT2D eigenvalue weighted by atomic mass is 32.2. The molecular weight excluding hydrogens is 338 g/mol. The maximum Gasteiger partial charge on any atom is 0.240 e. The molecule has 0 saturated carbocycles. The third-order valence-corrected chi connectivity index (χ3v) is 5.56. The monoisotopic (exact) mass is 363 g/mol. The largest absolute Gasteiger partial charge is 0.376 e. The average molecular weight is 363 g/mol. The topological polar surface area (TPSA) is 87.2 Å². The fraction of sp³-hybridized carbons (Fsp3) is 0.412. The summed E-state index contributed by atoms with van der Waals surface area (Å²) in [6.07, 6.45) is 1.66. The molecule has 0 bridgehead atoms. The van der Waals surface area contributed by atoms with Crippen LogP contribution >= 0.6 is 0 Å². The lowest BCUT2D eigenvalue weighted by Gasteiger charge is -2.14. The maximum absolute atomic E-state index is 12.5. The number of rotatable bonds is 7. The van der Waals surface area contributed by atoms with Crippen molar-refractivity contribution in [3.05, 3.63) is 41.1 Å². The molecule has 1 aromatic carbocycles. The van der Waals surface area contributed by atoms with Crippen LogP contribution in [0.25, 0.3) is 0 Å². The number of nitrogens with zero attached hydrogens (tertiary/aromatic N) is 3. The van der Waals surface area contributed by atoms with E-state index in [2.05, 4.69) is 20.2 Å². The SMILES string of the molecule is Cc1cc(C)c(S(=O)(=O)NCCNc2cc(N(C)C)cnn2)cc1C. The van der Waals surface area contributed by atoms with Gasteiger partial charge in [0.05, 0.1) is 16.8 Å². The van der Waals surface area contributed by atoms with Gasteiger partial charge in [-0.15, -0.1) is 5.10 Å². The highest BCUT2D eigenvalue weighted by Crippen LogP contribution is 2.19. The normalized spacial score (nSPS) is 11.4. The van der Waals surface area contributed by atoms with Crippen LogP contribution in [0.4, 0.5) is 11.5 Å². The van der Waals surface area contributed by atoms with E-state index in [-0.39, 0.29) is 6.54 Å². The molecule has 8 heteroatoms. The first-order valence-electron chi connectivity index (χ1n) is 8.02. The van der Waals surface area contributed by atoms with Crippen LogP contribution in [-0.4, -0.2) is 45.8 Å². The van der Waals surface area contributed by atoms with Gasteiger partial charge in [0.1, 0.15) is 0 Å². The number of aryl methyl sites for hydroxylation is 3. The van der Waals surface area contributed by atoms with Crippen LogP contribution in [0.1, 0.15) is 16.7 Å². The fourth-order valence-electron chi connectivity index (χ4n) is 2.36. The molecule has 0 aliphatic carbocycles. The lowest BCUT2D eigenvalue weighted by molar-refractivity contribution is 0.582. The number of nitrogens with one attached hydrogen (secondary N) is 2. The smallest absolute Gasteiger partial charge is 0.240 e. The molecule has 136 valence electrons. The van der Waals surface area contributed by atoms with Crippen molar-refractivity contribution in [2.24, 2.45) is 0 Å². The summed E-state index contributed by atoms with van der Waals surface area (Å²) in [5, 5.41) is 11.0. The molecule has 7 nitrogen and oxygen atoms in total. The van der Waals surface area contributed by atoms with Gasteiger partial charge in [-0.2, -0.15) is 5.10 Å². The summed E-state index contributed by atoms with van der Waals surface area (Å²) < 4.78 is 27.6. The van der Waals surface area contributed by atoms with Crippen molar-refractivity contribution in [2.45, 2.75) is 25.7 Å². The first-order chi connectivity index (χ1) is 11.7. The van der Waals surface area contributed by atoms with E-state index in [0.29, 0.717) is 17.3 Å². The van der Waals surface area contributed by atoms with Gasteiger partial charge in [0, 0.05) is 33.3 Å². The van der Waals surface area contributed by atoms with Gasteiger partial charge < -0.3 is 10.2 Å².